The summed E-state index contributed by atoms with van der Waals surface area (Å²) in [5.74, 6) is 0.781. The van der Waals surface area contributed by atoms with Gasteiger partial charge in [0.2, 0.25) is 0 Å². The Labute approximate surface area is 301 Å². The van der Waals surface area contributed by atoms with Crippen LogP contribution in [0.1, 0.15) is 35.2 Å². The first-order valence-corrected chi connectivity index (χ1v) is 17.0. The Morgan fingerprint density at radius 1 is 0.918 bits per heavy atom. The van der Waals surface area contributed by atoms with Gasteiger partial charge in [-0.05, 0) is 66.1 Å². The molecule has 1 aromatic heterocycles. The minimum atomic E-state index is -0.825. The van der Waals surface area contributed by atoms with Gasteiger partial charge in [0.25, 0.3) is 5.56 Å². The summed E-state index contributed by atoms with van der Waals surface area (Å²) in [6, 6.07) is 24.4. The number of rotatable bonds is 10. The molecule has 0 saturated heterocycles. The Morgan fingerprint density at radius 2 is 1.67 bits per heavy atom. The molecule has 0 saturated carbocycles. The van der Waals surface area contributed by atoms with Crippen molar-refractivity contribution in [2.75, 3.05) is 20.8 Å². The molecule has 1 atom stereocenters. The first-order chi connectivity index (χ1) is 23.7. The molecule has 0 aliphatic carbocycles. The molecule has 6 rings (SSSR count). The van der Waals surface area contributed by atoms with E-state index in [4.69, 9.17) is 58.7 Å². The first-order valence-electron chi connectivity index (χ1n) is 15.1. The normalized spacial score (nSPS) is 14.2. The van der Waals surface area contributed by atoms with Crippen LogP contribution in [0.4, 0.5) is 0 Å². The zero-order valence-corrected chi connectivity index (χ0v) is 29.6. The Bertz CT molecular complexity index is 2250. The molecule has 0 spiro atoms. The minimum absolute atomic E-state index is 0.153. The molecule has 0 bridgehead atoms. The number of carbonyl (C=O) groups excluding carboxylic acids is 1. The second kappa shape index (κ2) is 14.9. The zero-order chi connectivity index (χ0) is 34.7. The van der Waals surface area contributed by atoms with E-state index in [-0.39, 0.29) is 29.4 Å². The molecule has 0 fully saturated rings. The molecule has 0 radical (unpaired) electrons. The maximum absolute atomic E-state index is 14.3. The molecule has 8 nitrogen and oxygen atoms in total. The van der Waals surface area contributed by atoms with Gasteiger partial charge in [0, 0.05) is 5.56 Å². The van der Waals surface area contributed by atoms with Gasteiger partial charge in [-0.2, -0.15) is 0 Å². The maximum Gasteiger partial charge on any atom is 0.338 e. The van der Waals surface area contributed by atoms with E-state index in [1.807, 2.05) is 42.5 Å². The molecule has 250 valence electrons. The summed E-state index contributed by atoms with van der Waals surface area (Å²) in [6.45, 7) is 2.06. The molecule has 1 aliphatic rings. The average molecular weight is 736 g/mol. The topological polar surface area (TPSA) is 88.4 Å². The summed E-state index contributed by atoms with van der Waals surface area (Å²) in [7, 11) is 3.08. The Morgan fingerprint density at radius 3 is 2.35 bits per heavy atom. The van der Waals surface area contributed by atoms with Crippen LogP contribution in [0.15, 0.2) is 100 Å². The van der Waals surface area contributed by atoms with Crippen LogP contribution in [-0.2, 0) is 16.1 Å². The Balaban J connectivity index is 1.48. The molecule has 5 aromatic rings. The third-order valence-corrected chi connectivity index (χ3v) is 9.72. The van der Waals surface area contributed by atoms with Gasteiger partial charge in [-0.1, -0.05) is 94.7 Å². The van der Waals surface area contributed by atoms with E-state index in [9.17, 15) is 9.59 Å². The average Bonchev–Trinajstić information content (AvgIpc) is 3.42. The van der Waals surface area contributed by atoms with Gasteiger partial charge < -0.3 is 18.9 Å². The van der Waals surface area contributed by atoms with Gasteiger partial charge >= 0.3 is 5.97 Å². The molecule has 12 heteroatoms. The molecule has 4 aromatic carbocycles. The standard InChI is InChI=1S/C37H29Cl3N2O6S/c1-4-47-36(44)31-32(23-8-6-5-7-9-23)41-37-42(33(31)24-11-13-25(45-2)14-12-24)35(43)30(49-37)19-22-17-28(40)34(29(18-22)46-3)48-20-21-10-15-26(38)27(39)16-21/h5-19,33H,4,20H2,1-3H3/b30-19-/t33-/m0/s1. The van der Waals surface area contributed by atoms with E-state index >= 15 is 0 Å². The number of aromatic nitrogens is 1. The molecule has 2 heterocycles. The largest absolute Gasteiger partial charge is 0.497 e. The third kappa shape index (κ3) is 7.12. The van der Waals surface area contributed by atoms with Crippen molar-refractivity contribution in [2.45, 2.75) is 19.6 Å². The number of nitrogens with zero attached hydrogens (tertiary/aromatic N) is 2. The van der Waals surface area contributed by atoms with Gasteiger partial charge in [0.05, 0.1) is 57.7 Å². The lowest BCUT2D eigenvalue weighted by molar-refractivity contribution is -0.138. The van der Waals surface area contributed by atoms with Crippen LogP contribution in [-0.4, -0.2) is 31.4 Å². The number of benzene rings is 4. The summed E-state index contributed by atoms with van der Waals surface area (Å²) in [5, 5.41) is 1.14. The van der Waals surface area contributed by atoms with Crippen LogP contribution < -0.4 is 29.1 Å². The number of carbonyl (C=O) groups is 1. The molecule has 49 heavy (non-hydrogen) atoms. The van der Waals surface area contributed by atoms with Crippen LogP contribution in [0.3, 0.4) is 0 Å². The Kier molecular flexibility index (Phi) is 10.5. The monoisotopic (exact) mass is 734 g/mol. The molecule has 0 amide bonds. The van der Waals surface area contributed by atoms with E-state index in [0.717, 1.165) is 11.1 Å². The maximum atomic E-state index is 14.3. The summed E-state index contributed by atoms with van der Waals surface area (Å²) in [4.78, 5) is 33.3. The van der Waals surface area contributed by atoms with Crippen LogP contribution in [0.2, 0.25) is 15.1 Å². The molecule has 1 aliphatic heterocycles. The number of fused-ring (bicyclic) bond motifs is 1. The van der Waals surface area contributed by atoms with Crippen molar-refractivity contribution in [3.8, 4) is 17.2 Å². The van der Waals surface area contributed by atoms with Crippen LogP contribution in [0, 0.1) is 0 Å². The van der Waals surface area contributed by atoms with E-state index in [0.29, 0.717) is 53.5 Å². The highest BCUT2D eigenvalue weighted by Gasteiger charge is 2.35. The number of hydrogen-bond acceptors (Lipinski definition) is 8. The van der Waals surface area contributed by atoms with Gasteiger partial charge in [-0.15, -0.1) is 0 Å². The molecular weight excluding hydrogens is 707 g/mol. The van der Waals surface area contributed by atoms with Crippen molar-refractivity contribution in [1.29, 1.82) is 0 Å². The number of thiazole rings is 1. The van der Waals surface area contributed by atoms with E-state index in [1.54, 1.807) is 62.6 Å². The van der Waals surface area contributed by atoms with E-state index in [1.165, 1.54) is 23.0 Å². The summed E-state index contributed by atoms with van der Waals surface area (Å²) < 4.78 is 24.5. The fourth-order valence-corrected chi connectivity index (χ4v) is 7.04. The highest BCUT2D eigenvalue weighted by atomic mass is 35.5. The number of ether oxygens (including phenoxy) is 4. The molecule has 0 N–H and O–H groups in total. The summed E-state index contributed by atoms with van der Waals surface area (Å²) in [5.41, 5.74) is 3.14. The van der Waals surface area contributed by atoms with Crippen LogP contribution in [0.5, 0.6) is 17.2 Å². The SMILES string of the molecule is CCOC(=O)C1=C(c2ccccc2)N=c2s/c(=C\c3cc(Cl)c(OCc4ccc(Cl)c(Cl)c4)c(OC)c3)c(=O)n2[C@H]1c1ccc(OC)cc1. The van der Waals surface area contributed by atoms with E-state index in [2.05, 4.69) is 0 Å². The smallest absolute Gasteiger partial charge is 0.338 e. The highest BCUT2D eigenvalue weighted by molar-refractivity contribution is 7.07. The number of hydrogen-bond donors (Lipinski definition) is 0. The van der Waals surface area contributed by atoms with E-state index < -0.39 is 12.0 Å². The fraction of sp³-hybridized carbons (Fsp3) is 0.162. The lowest BCUT2D eigenvalue weighted by Crippen LogP contribution is -2.40. The van der Waals surface area contributed by atoms with Crippen molar-refractivity contribution in [1.82, 2.24) is 4.57 Å². The fourth-order valence-electron chi connectivity index (χ4n) is 5.44. The number of methoxy groups -OCH3 is 2. The second-order valence-corrected chi connectivity index (χ2v) is 13.0. The number of esters is 1. The van der Waals surface area contributed by atoms with Crippen molar-refractivity contribution in [3.05, 3.63) is 148 Å². The van der Waals surface area contributed by atoms with Gasteiger partial charge in [0.1, 0.15) is 12.4 Å². The van der Waals surface area contributed by atoms with Crippen molar-refractivity contribution < 1.29 is 23.7 Å². The summed E-state index contributed by atoms with van der Waals surface area (Å²) in [6.07, 6.45) is 1.71. The zero-order valence-electron chi connectivity index (χ0n) is 26.5. The third-order valence-electron chi connectivity index (χ3n) is 7.72. The lowest BCUT2D eigenvalue weighted by atomic mass is 9.93. The van der Waals surface area contributed by atoms with Gasteiger partial charge in [-0.3, -0.25) is 9.36 Å². The highest BCUT2D eigenvalue weighted by Crippen LogP contribution is 2.38. The van der Waals surface area contributed by atoms with Crippen LogP contribution >= 0.6 is 46.1 Å². The second-order valence-electron chi connectivity index (χ2n) is 10.8. The van der Waals surface area contributed by atoms with Crippen molar-refractivity contribution in [2.24, 2.45) is 4.99 Å². The predicted molar refractivity (Wildman–Crippen MR) is 193 cm³/mol. The van der Waals surface area contributed by atoms with Crippen molar-refractivity contribution in [3.63, 3.8) is 0 Å². The minimum Gasteiger partial charge on any atom is -0.497 e. The number of halogens is 3. The quantitative estimate of drug-likeness (QED) is 0.138. The first kappa shape index (κ1) is 34.3. The Hall–Kier alpha value is -4.54. The van der Waals surface area contributed by atoms with Crippen LogP contribution in [0.25, 0.3) is 11.8 Å². The van der Waals surface area contributed by atoms with Crippen molar-refractivity contribution >= 4 is 63.9 Å². The predicted octanol–water partition coefficient (Wildman–Crippen LogP) is 7.49. The van der Waals surface area contributed by atoms with Gasteiger partial charge in [0.15, 0.2) is 16.3 Å². The molecule has 0 unspecified atom stereocenters. The van der Waals surface area contributed by atoms with Gasteiger partial charge in [-0.25, -0.2) is 9.79 Å². The summed E-state index contributed by atoms with van der Waals surface area (Å²) >= 11 is 20.1. The lowest BCUT2D eigenvalue weighted by Gasteiger charge is -2.26. The molecular formula is C37H29Cl3N2O6S.